The van der Waals surface area contributed by atoms with Crippen LogP contribution in [-0.4, -0.2) is 38.0 Å². The van der Waals surface area contributed by atoms with E-state index in [9.17, 15) is 14.9 Å². The molecule has 0 spiro atoms. The SMILES string of the molecule is COc1ccc(OC(C)c2nnc(SC(C)C(=O)Nc3cccc([N+](=O)[O-])c3)n2-c2ccccc2)cc1. The lowest BCUT2D eigenvalue weighted by atomic mass is 10.2. The zero-order valence-corrected chi connectivity index (χ0v) is 21.2. The number of carbonyl (C=O) groups is 1. The van der Waals surface area contributed by atoms with Crippen molar-refractivity contribution < 1.29 is 19.2 Å². The third-order valence-electron chi connectivity index (χ3n) is 5.38. The molecule has 2 atom stereocenters. The minimum absolute atomic E-state index is 0.0996. The monoisotopic (exact) mass is 519 g/mol. The Kier molecular flexibility index (Phi) is 8.04. The molecule has 37 heavy (non-hydrogen) atoms. The van der Waals surface area contributed by atoms with Gasteiger partial charge < -0.3 is 14.8 Å². The lowest BCUT2D eigenvalue weighted by Gasteiger charge is -2.18. The molecule has 1 N–H and O–H groups in total. The van der Waals surface area contributed by atoms with Crippen LogP contribution in [0.1, 0.15) is 25.8 Å². The molecule has 1 heterocycles. The minimum atomic E-state index is -0.573. The van der Waals surface area contributed by atoms with E-state index in [1.807, 2.05) is 66.1 Å². The molecule has 2 unspecified atom stereocenters. The summed E-state index contributed by atoms with van der Waals surface area (Å²) >= 11 is 1.22. The van der Waals surface area contributed by atoms with Crippen LogP contribution in [0.25, 0.3) is 5.69 Å². The number of nitrogens with one attached hydrogen (secondary N) is 1. The Hall–Kier alpha value is -4.38. The van der Waals surface area contributed by atoms with Crippen molar-refractivity contribution in [2.24, 2.45) is 0 Å². The van der Waals surface area contributed by atoms with E-state index in [1.165, 1.54) is 30.0 Å². The van der Waals surface area contributed by atoms with E-state index >= 15 is 0 Å². The van der Waals surface area contributed by atoms with Gasteiger partial charge in [-0.1, -0.05) is 36.0 Å². The first-order chi connectivity index (χ1) is 17.9. The quantitative estimate of drug-likeness (QED) is 0.167. The molecule has 0 aliphatic heterocycles. The summed E-state index contributed by atoms with van der Waals surface area (Å²) in [5, 5.41) is 22.5. The van der Waals surface area contributed by atoms with Crippen LogP contribution < -0.4 is 14.8 Å². The van der Waals surface area contributed by atoms with Crippen molar-refractivity contribution in [1.82, 2.24) is 14.8 Å². The zero-order valence-electron chi connectivity index (χ0n) is 20.4. The number of nitro groups is 1. The number of anilines is 1. The Morgan fingerprint density at radius 1 is 1.00 bits per heavy atom. The first-order valence-electron chi connectivity index (χ1n) is 11.4. The summed E-state index contributed by atoms with van der Waals surface area (Å²) in [6.07, 6.45) is -0.454. The second-order valence-electron chi connectivity index (χ2n) is 8.00. The number of methoxy groups -OCH3 is 1. The summed E-state index contributed by atoms with van der Waals surface area (Å²) in [5.41, 5.74) is 1.07. The Morgan fingerprint density at radius 2 is 1.70 bits per heavy atom. The van der Waals surface area contributed by atoms with E-state index in [1.54, 1.807) is 20.1 Å². The number of hydrogen-bond acceptors (Lipinski definition) is 8. The summed E-state index contributed by atoms with van der Waals surface area (Å²) in [4.78, 5) is 23.4. The second kappa shape index (κ2) is 11.6. The summed E-state index contributed by atoms with van der Waals surface area (Å²) in [6, 6.07) is 22.6. The maximum Gasteiger partial charge on any atom is 0.271 e. The smallest absolute Gasteiger partial charge is 0.271 e. The number of carbonyl (C=O) groups excluding carboxylic acids is 1. The second-order valence-corrected chi connectivity index (χ2v) is 9.31. The maximum absolute atomic E-state index is 12.9. The predicted molar refractivity (Wildman–Crippen MR) is 140 cm³/mol. The average Bonchev–Trinajstić information content (AvgIpc) is 3.33. The number of nitrogens with zero attached hydrogens (tertiary/aromatic N) is 4. The number of non-ortho nitro benzene ring substituents is 1. The highest BCUT2D eigenvalue weighted by Crippen LogP contribution is 2.31. The van der Waals surface area contributed by atoms with E-state index in [4.69, 9.17) is 9.47 Å². The average molecular weight is 520 g/mol. The Labute approximate surface area is 217 Å². The van der Waals surface area contributed by atoms with Crippen LogP contribution in [0.2, 0.25) is 0 Å². The highest BCUT2D eigenvalue weighted by molar-refractivity contribution is 8.00. The van der Waals surface area contributed by atoms with Gasteiger partial charge in [-0.15, -0.1) is 10.2 Å². The van der Waals surface area contributed by atoms with Crippen molar-refractivity contribution in [2.75, 3.05) is 12.4 Å². The van der Waals surface area contributed by atoms with E-state index in [2.05, 4.69) is 15.5 Å². The van der Waals surface area contributed by atoms with Gasteiger partial charge in [0, 0.05) is 23.5 Å². The van der Waals surface area contributed by atoms with Gasteiger partial charge in [-0.25, -0.2) is 0 Å². The van der Waals surface area contributed by atoms with Gasteiger partial charge in [0.15, 0.2) is 17.1 Å². The number of thioether (sulfide) groups is 1. The van der Waals surface area contributed by atoms with Gasteiger partial charge in [-0.05, 0) is 56.3 Å². The maximum atomic E-state index is 12.9. The lowest BCUT2D eigenvalue weighted by Crippen LogP contribution is -2.23. The number of rotatable bonds is 10. The van der Waals surface area contributed by atoms with Gasteiger partial charge in [-0.3, -0.25) is 19.5 Å². The van der Waals surface area contributed by atoms with Gasteiger partial charge in [0.2, 0.25) is 5.91 Å². The van der Waals surface area contributed by atoms with Crippen molar-refractivity contribution in [3.05, 3.63) is 94.8 Å². The molecule has 4 aromatic rings. The molecule has 4 rings (SSSR count). The Bertz CT molecular complexity index is 1380. The van der Waals surface area contributed by atoms with Crippen LogP contribution >= 0.6 is 11.8 Å². The third-order valence-corrected chi connectivity index (χ3v) is 6.43. The molecular weight excluding hydrogens is 494 g/mol. The van der Waals surface area contributed by atoms with Crippen molar-refractivity contribution >= 4 is 29.0 Å². The summed E-state index contributed by atoms with van der Waals surface area (Å²) in [6.45, 7) is 3.61. The number of aromatic nitrogens is 3. The number of hydrogen-bond donors (Lipinski definition) is 1. The minimum Gasteiger partial charge on any atom is -0.497 e. The molecule has 0 aliphatic carbocycles. The van der Waals surface area contributed by atoms with Crippen LogP contribution in [-0.2, 0) is 4.79 Å². The van der Waals surface area contributed by atoms with E-state index in [0.29, 0.717) is 22.4 Å². The molecule has 1 aromatic heterocycles. The number of para-hydroxylation sites is 1. The van der Waals surface area contributed by atoms with Crippen molar-refractivity contribution in [3.63, 3.8) is 0 Å². The summed E-state index contributed by atoms with van der Waals surface area (Å²) < 4.78 is 13.2. The summed E-state index contributed by atoms with van der Waals surface area (Å²) in [5.74, 6) is 1.62. The molecule has 0 saturated heterocycles. The van der Waals surface area contributed by atoms with Crippen molar-refractivity contribution in [1.29, 1.82) is 0 Å². The zero-order chi connectivity index (χ0) is 26.4. The van der Waals surface area contributed by atoms with Gasteiger partial charge in [0.1, 0.15) is 11.5 Å². The molecule has 1 amide bonds. The van der Waals surface area contributed by atoms with Crippen LogP contribution in [0, 0.1) is 10.1 Å². The molecule has 190 valence electrons. The van der Waals surface area contributed by atoms with Crippen LogP contribution in [0.15, 0.2) is 84.0 Å². The van der Waals surface area contributed by atoms with Crippen LogP contribution in [0.4, 0.5) is 11.4 Å². The molecule has 11 heteroatoms. The topological polar surface area (TPSA) is 121 Å². The molecular formula is C26H25N5O5S. The number of ether oxygens (including phenoxy) is 2. The molecule has 3 aromatic carbocycles. The fraction of sp³-hybridized carbons (Fsp3) is 0.192. The van der Waals surface area contributed by atoms with Gasteiger partial charge in [0.25, 0.3) is 5.69 Å². The number of benzene rings is 3. The molecule has 0 aliphatic rings. The fourth-order valence-corrected chi connectivity index (χ4v) is 4.38. The first kappa shape index (κ1) is 25.7. The predicted octanol–water partition coefficient (Wildman–Crippen LogP) is 5.44. The Balaban J connectivity index is 1.55. The van der Waals surface area contributed by atoms with Gasteiger partial charge in [-0.2, -0.15) is 0 Å². The van der Waals surface area contributed by atoms with Gasteiger partial charge >= 0.3 is 0 Å². The molecule has 0 fully saturated rings. The normalized spacial score (nSPS) is 12.4. The molecule has 0 bridgehead atoms. The largest absolute Gasteiger partial charge is 0.497 e. The van der Waals surface area contributed by atoms with E-state index in [-0.39, 0.29) is 11.6 Å². The molecule has 10 nitrogen and oxygen atoms in total. The highest BCUT2D eigenvalue weighted by atomic mass is 32.2. The third kappa shape index (κ3) is 6.25. The first-order valence-corrected chi connectivity index (χ1v) is 12.3. The molecule has 0 radical (unpaired) electrons. The van der Waals surface area contributed by atoms with Gasteiger partial charge in [0.05, 0.1) is 17.3 Å². The highest BCUT2D eigenvalue weighted by Gasteiger charge is 2.25. The number of amides is 1. The van der Waals surface area contributed by atoms with Crippen LogP contribution in [0.5, 0.6) is 11.5 Å². The van der Waals surface area contributed by atoms with Crippen molar-refractivity contribution in [2.45, 2.75) is 30.4 Å². The van der Waals surface area contributed by atoms with Crippen LogP contribution in [0.3, 0.4) is 0 Å². The lowest BCUT2D eigenvalue weighted by molar-refractivity contribution is -0.384. The van der Waals surface area contributed by atoms with E-state index in [0.717, 1.165) is 11.4 Å². The molecule has 0 saturated carbocycles. The summed E-state index contributed by atoms with van der Waals surface area (Å²) in [7, 11) is 1.60. The number of nitro benzene ring substituents is 1. The Morgan fingerprint density at radius 3 is 2.38 bits per heavy atom. The standard InChI is InChI=1S/C26H25N5O5S/c1-17(36-23-14-12-22(35-3)13-15-23)24-28-29-26(30(24)20-9-5-4-6-10-20)37-18(2)25(32)27-19-8-7-11-21(16-19)31(33)34/h4-18H,1-3H3,(H,27,32). The van der Waals surface area contributed by atoms with E-state index < -0.39 is 16.3 Å². The fourth-order valence-electron chi connectivity index (χ4n) is 3.50. The van der Waals surface area contributed by atoms with Crippen molar-refractivity contribution in [3.8, 4) is 17.2 Å².